The number of aromatic carboxylic acids is 1. The molecule has 0 amide bonds. The number of hydrogen-bond donors (Lipinski definition) is 2. The minimum atomic E-state index is -0.745. The monoisotopic (exact) mass is 337 g/mol. The standard InChI is InChI=1S/C18H27NO3S/c1-18(2)6-4-14-13(8-18)15(17(20)21)16(23-14)12-5-7-22-10-11(12)9-19-3/h11-12,19H,4-10H2,1-3H3,(H,20,21)/t11-,12+/m0/s1. The highest BCUT2D eigenvalue weighted by atomic mass is 32.1. The van der Waals surface area contributed by atoms with Crippen molar-refractivity contribution < 1.29 is 14.6 Å². The molecule has 128 valence electrons. The Morgan fingerprint density at radius 1 is 1.48 bits per heavy atom. The Balaban J connectivity index is 2.02. The van der Waals surface area contributed by atoms with Crippen LogP contribution in [0, 0.1) is 11.3 Å². The highest BCUT2D eigenvalue weighted by Gasteiger charge is 2.37. The average Bonchev–Trinajstić information content (AvgIpc) is 2.85. The fraction of sp³-hybridized carbons (Fsp3) is 0.722. The van der Waals surface area contributed by atoms with E-state index in [1.165, 1.54) is 4.88 Å². The van der Waals surface area contributed by atoms with Gasteiger partial charge in [0.05, 0.1) is 12.2 Å². The van der Waals surface area contributed by atoms with Crippen LogP contribution in [0.5, 0.6) is 0 Å². The highest BCUT2D eigenvalue weighted by molar-refractivity contribution is 7.12. The summed E-state index contributed by atoms with van der Waals surface area (Å²) in [7, 11) is 1.95. The van der Waals surface area contributed by atoms with Crippen LogP contribution in [0.1, 0.15) is 58.3 Å². The largest absolute Gasteiger partial charge is 0.478 e. The summed E-state index contributed by atoms with van der Waals surface area (Å²) in [6.45, 7) is 6.82. The van der Waals surface area contributed by atoms with E-state index in [-0.39, 0.29) is 5.41 Å². The first-order valence-electron chi connectivity index (χ1n) is 8.53. The molecule has 1 fully saturated rings. The quantitative estimate of drug-likeness (QED) is 0.885. The molecule has 0 radical (unpaired) electrons. The fourth-order valence-corrected chi connectivity index (χ4v) is 5.58. The maximum atomic E-state index is 12.0. The minimum absolute atomic E-state index is 0.204. The van der Waals surface area contributed by atoms with Crippen molar-refractivity contribution in [2.45, 2.75) is 45.4 Å². The van der Waals surface area contributed by atoms with Crippen molar-refractivity contribution in [2.75, 3.05) is 26.8 Å². The molecule has 0 saturated carbocycles. The van der Waals surface area contributed by atoms with Crippen LogP contribution in [0.2, 0.25) is 0 Å². The predicted octanol–water partition coefficient (Wildman–Crippen LogP) is 3.30. The number of rotatable bonds is 4. The maximum Gasteiger partial charge on any atom is 0.337 e. The maximum absolute atomic E-state index is 12.0. The first kappa shape index (κ1) is 16.9. The molecule has 0 spiro atoms. The van der Waals surface area contributed by atoms with Crippen molar-refractivity contribution in [3.63, 3.8) is 0 Å². The van der Waals surface area contributed by atoms with E-state index < -0.39 is 5.97 Å². The van der Waals surface area contributed by atoms with E-state index in [9.17, 15) is 9.90 Å². The molecule has 2 N–H and O–H groups in total. The van der Waals surface area contributed by atoms with E-state index in [2.05, 4.69) is 19.2 Å². The summed E-state index contributed by atoms with van der Waals surface area (Å²) < 4.78 is 5.64. The number of thiophene rings is 1. The molecule has 2 aliphatic rings. The number of hydrogen-bond acceptors (Lipinski definition) is 4. The van der Waals surface area contributed by atoms with Crippen LogP contribution in [0.3, 0.4) is 0 Å². The zero-order valence-electron chi connectivity index (χ0n) is 14.3. The second-order valence-electron chi connectivity index (χ2n) is 7.68. The molecule has 2 heterocycles. The second-order valence-corrected chi connectivity index (χ2v) is 8.81. The van der Waals surface area contributed by atoms with E-state index in [1.807, 2.05) is 7.05 Å². The van der Waals surface area contributed by atoms with Gasteiger partial charge in [0, 0.05) is 34.7 Å². The number of ether oxygens (including phenoxy) is 1. The fourth-order valence-electron chi connectivity index (χ4n) is 4.04. The lowest BCUT2D eigenvalue weighted by Gasteiger charge is -2.31. The third-order valence-corrected chi connectivity index (χ3v) is 6.72. The van der Waals surface area contributed by atoms with Gasteiger partial charge in [0.2, 0.25) is 0 Å². The van der Waals surface area contributed by atoms with Gasteiger partial charge in [-0.2, -0.15) is 0 Å². The zero-order valence-corrected chi connectivity index (χ0v) is 15.1. The van der Waals surface area contributed by atoms with Crippen LogP contribution in [0.4, 0.5) is 0 Å². The van der Waals surface area contributed by atoms with Gasteiger partial charge in [-0.05, 0) is 43.7 Å². The molecule has 1 aliphatic carbocycles. The van der Waals surface area contributed by atoms with E-state index in [4.69, 9.17) is 4.74 Å². The number of fused-ring (bicyclic) bond motifs is 1. The lowest BCUT2D eigenvalue weighted by molar-refractivity contribution is 0.0411. The van der Waals surface area contributed by atoms with Gasteiger partial charge in [-0.3, -0.25) is 0 Å². The summed E-state index contributed by atoms with van der Waals surface area (Å²) in [5.74, 6) is -0.0779. The Morgan fingerprint density at radius 2 is 2.26 bits per heavy atom. The van der Waals surface area contributed by atoms with Crippen molar-refractivity contribution in [3.8, 4) is 0 Å². The van der Waals surface area contributed by atoms with Gasteiger partial charge in [0.25, 0.3) is 0 Å². The summed E-state index contributed by atoms with van der Waals surface area (Å²) in [5, 5.41) is 13.1. The third kappa shape index (κ3) is 3.32. The van der Waals surface area contributed by atoms with Crippen LogP contribution in [0.25, 0.3) is 0 Å². The molecule has 5 heteroatoms. The average molecular weight is 337 g/mol. The van der Waals surface area contributed by atoms with E-state index in [0.717, 1.165) is 55.9 Å². The Kier molecular flexibility index (Phi) is 4.81. The van der Waals surface area contributed by atoms with Gasteiger partial charge in [0.1, 0.15) is 0 Å². The smallest absolute Gasteiger partial charge is 0.337 e. The van der Waals surface area contributed by atoms with Gasteiger partial charge in [-0.15, -0.1) is 11.3 Å². The summed E-state index contributed by atoms with van der Waals surface area (Å²) in [6.07, 6.45) is 3.98. The van der Waals surface area contributed by atoms with Crippen LogP contribution in [-0.2, 0) is 17.6 Å². The minimum Gasteiger partial charge on any atom is -0.478 e. The van der Waals surface area contributed by atoms with Gasteiger partial charge in [0.15, 0.2) is 0 Å². The first-order chi connectivity index (χ1) is 10.9. The molecule has 1 aliphatic heterocycles. The van der Waals surface area contributed by atoms with Crippen LogP contribution in [-0.4, -0.2) is 37.9 Å². The molecular weight excluding hydrogens is 310 g/mol. The van der Waals surface area contributed by atoms with Crippen molar-refractivity contribution >= 4 is 17.3 Å². The topological polar surface area (TPSA) is 58.6 Å². The van der Waals surface area contributed by atoms with Crippen molar-refractivity contribution in [2.24, 2.45) is 11.3 Å². The Bertz CT molecular complexity index is 591. The SMILES string of the molecule is CNC[C@H]1COCC[C@H]1c1sc2c(c1C(=O)O)CC(C)(C)CC2. The summed E-state index contributed by atoms with van der Waals surface area (Å²) in [6, 6.07) is 0. The summed E-state index contributed by atoms with van der Waals surface area (Å²) >= 11 is 1.76. The number of carbonyl (C=O) groups is 1. The number of aryl methyl sites for hydroxylation is 1. The number of carboxylic acids is 1. The van der Waals surface area contributed by atoms with Crippen molar-refractivity contribution in [1.29, 1.82) is 0 Å². The van der Waals surface area contributed by atoms with Gasteiger partial charge >= 0.3 is 5.97 Å². The van der Waals surface area contributed by atoms with E-state index in [0.29, 0.717) is 17.4 Å². The van der Waals surface area contributed by atoms with Crippen molar-refractivity contribution in [3.05, 3.63) is 20.9 Å². The Labute approximate surface area is 142 Å². The molecular formula is C18H27NO3S. The predicted molar refractivity (Wildman–Crippen MR) is 92.7 cm³/mol. The second kappa shape index (κ2) is 6.54. The molecule has 23 heavy (non-hydrogen) atoms. The van der Waals surface area contributed by atoms with Gasteiger partial charge < -0.3 is 15.2 Å². The van der Waals surface area contributed by atoms with Crippen LogP contribution >= 0.6 is 11.3 Å². The molecule has 0 aromatic carbocycles. The van der Waals surface area contributed by atoms with Gasteiger partial charge in [-0.1, -0.05) is 13.8 Å². The zero-order chi connectivity index (χ0) is 16.6. The highest BCUT2D eigenvalue weighted by Crippen LogP contribution is 2.46. The lowest BCUT2D eigenvalue weighted by atomic mass is 9.75. The first-order valence-corrected chi connectivity index (χ1v) is 9.34. The van der Waals surface area contributed by atoms with Crippen LogP contribution in [0.15, 0.2) is 0 Å². The van der Waals surface area contributed by atoms with Crippen LogP contribution < -0.4 is 5.32 Å². The van der Waals surface area contributed by atoms with Crippen molar-refractivity contribution in [1.82, 2.24) is 5.32 Å². The molecule has 4 nitrogen and oxygen atoms in total. The number of carboxylic acid groups (broad SMARTS) is 1. The molecule has 1 aromatic heterocycles. The molecule has 3 rings (SSSR count). The van der Waals surface area contributed by atoms with E-state index >= 15 is 0 Å². The lowest BCUT2D eigenvalue weighted by Crippen LogP contribution is -2.33. The molecule has 0 unspecified atom stereocenters. The summed E-state index contributed by atoms with van der Waals surface area (Å²) in [4.78, 5) is 14.4. The molecule has 1 aromatic rings. The normalized spacial score (nSPS) is 26.7. The van der Waals surface area contributed by atoms with E-state index in [1.54, 1.807) is 11.3 Å². The number of nitrogens with one attached hydrogen (secondary N) is 1. The Morgan fingerprint density at radius 3 is 2.96 bits per heavy atom. The Hall–Kier alpha value is -0.910. The third-order valence-electron chi connectivity index (χ3n) is 5.29. The molecule has 1 saturated heterocycles. The molecule has 0 bridgehead atoms. The summed E-state index contributed by atoms with van der Waals surface area (Å²) in [5.41, 5.74) is 1.93. The molecule has 2 atom stereocenters. The van der Waals surface area contributed by atoms with Gasteiger partial charge in [-0.25, -0.2) is 4.79 Å².